The lowest BCUT2D eigenvalue weighted by molar-refractivity contribution is -0.0367. The summed E-state index contributed by atoms with van der Waals surface area (Å²) in [6.45, 7) is 4.41. The number of hydrogen-bond acceptors (Lipinski definition) is 4. The molecule has 1 saturated heterocycles. The highest BCUT2D eigenvalue weighted by Gasteiger charge is 2.38. The number of halogens is 1. The van der Waals surface area contributed by atoms with E-state index in [4.69, 9.17) is 14.2 Å². The van der Waals surface area contributed by atoms with Gasteiger partial charge in [0.25, 0.3) is 5.56 Å². The van der Waals surface area contributed by atoms with Crippen molar-refractivity contribution in [2.75, 3.05) is 6.61 Å². The Hall–Kier alpha value is -2.57. The van der Waals surface area contributed by atoms with Crippen LogP contribution >= 0.6 is 15.9 Å². The van der Waals surface area contributed by atoms with Gasteiger partial charge in [0.05, 0.1) is 0 Å². The lowest BCUT2D eigenvalue weighted by Crippen LogP contribution is -2.32. The highest BCUT2D eigenvalue weighted by atomic mass is 79.9. The molecule has 1 fully saturated rings. The van der Waals surface area contributed by atoms with Gasteiger partial charge >= 0.3 is 0 Å². The molecule has 1 aliphatic heterocycles. The zero-order valence-electron chi connectivity index (χ0n) is 17.0. The first-order chi connectivity index (χ1) is 14.5. The first kappa shape index (κ1) is 20.7. The lowest BCUT2D eigenvalue weighted by Gasteiger charge is -2.20. The molecular formula is C24H24BrNO4. The average molecular weight is 470 g/mol. The molecule has 1 aliphatic rings. The van der Waals surface area contributed by atoms with Gasteiger partial charge in [0, 0.05) is 23.2 Å². The Labute approximate surface area is 184 Å². The van der Waals surface area contributed by atoms with Crippen LogP contribution < -0.4 is 15.0 Å². The summed E-state index contributed by atoms with van der Waals surface area (Å²) in [5.74, 6) is 1.56. The standard InChI is InChI=1S/C24H24BrNO4/c1-16-3-7-19(8-4-16)28-15-22-21(29-20-9-5-17(2)6-10-20)14-24(30-22)26-12-11-18(25)13-23(26)27/h3-13,21-22,24H,14-15H2,1-2H3/t21-,22+,24-/m0/s1. The first-order valence-corrected chi connectivity index (χ1v) is 10.7. The van der Waals surface area contributed by atoms with E-state index < -0.39 is 6.23 Å². The molecule has 0 bridgehead atoms. The van der Waals surface area contributed by atoms with Gasteiger partial charge < -0.3 is 14.2 Å². The molecule has 3 atom stereocenters. The maximum atomic E-state index is 12.4. The molecule has 2 aromatic carbocycles. The van der Waals surface area contributed by atoms with E-state index in [0.717, 1.165) is 16.0 Å². The molecule has 0 spiro atoms. The molecule has 3 aromatic rings. The summed E-state index contributed by atoms with van der Waals surface area (Å²) in [5, 5.41) is 0. The molecule has 30 heavy (non-hydrogen) atoms. The Kier molecular flexibility index (Phi) is 6.25. The van der Waals surface area contributed by atoms with Gasteiger partial charge in [-0.1, -0.05) is 51.3 Å². The van der Waals surface area contributed by atoms with Crippen molar-refractivity contribution in [2.45, 2.75) is 38.7 Å². The molecular weight excluding hydrogens is 446 g/mol. The van der Waals surface area contributed by atoms with Crippen LogP contribution in [-0.4, -0.2) is 23.4 Å². The van der Waals surface area contributed by atoms with Crippen LogP contribution in [0.25, 0.3) is 0 Å². The Balaban J connectivity index is 1.52. The third-order valence-corrected chi connectivity index (χ3v) is 5.64. The van der Waals surface area contributed by atoms with Gasteiger partial charge in [-0.3, -0.25) is 9.36 Å². The lowest BCUT2D eigenvalue weighted by atomic mass is 10.1. The zero-order valence-corrected chi connectivity index (χ0v) is 18.5. The van der Waals surface area contributed by atoms with Crippen LogP contribution in [0.4, 0.5) is 0 Å². The molecule has 4 rings (SSSR count). The highest BCUT2D eigenvalue weighted by molar-refractivity contribution is 9.10. The Morgan fingerprint density at radius 1 is 1.00 bits per heavy atom. The van der Waals surface area contributed by atoms with E-state index >= 15 is 0 Å². The summed E-state index contributed by atoms with van der Waals surface area (Å²) in [6, 6.07) is 19.2. The van der Waals surface area contributed by atoms with Gasteiger partial charge in [-0.05, 0) is 44.2 Å². The van der Waals surface area contributed by atoms with Gasteiger partial charge in [0.15, 0.2) is 0 Å². The van der Waals surface area contributed by atoms with Crippen molar-refractivity contribution in [1.82, 2.24) is 4.57 Å². The van der Waals surface area contributed by atoms with Gasteiger partial charge in [-0.25, -0.2) is 0 Å². The molecule has 0 unspecified atom stereocenters. The minimum Gasteiger partial charge on any atom is -0.491 e. The molecule has 0 saturated carbocycles. The fourth-order valence-corrected chi connectivity index (χ4v) is 3.77. The summed E-state index contributed by atoms with van der Waals surface area (Å²) in [7, 11) is 0. The van der Waals surface area contributed by atoms with Crippen molar-refractivity contribution in [1.29, 1.82) is 0 Å². The first-order valence-electron chi connectivity index (χ1n) is 9.94. The zero-order chi connectivity index (χ0) is 21.1. The maximum Gasteiger partial charge on any atom is 0.253 e. The number of aryl methyl sites for hydroxylation is 2. The molecule has 1 aromatic heterocycles. The van der Waals surface area contributed by atoms with Gasteiger partial charge in [0.1, 0.15) is 36.5 Å². The monoisotopic (exact) mass is 469 g/mol. The number of aromatic nitrogens is 1. The predicted molar refractivity (Wildman–Crippen MR) is 119 cm³/mol. The van der Waals surface area contributed by atoms with Crippen molar-refractivity contribution in [2.24, 2.45) is 0 Å². The second-order valence-electron chi connectivity index (χ2n) is 7.55. The number of nitrogens with zero attached hydrogens (tertiary/aromatic N) is 1. The van der Waals surface area contributed by atoms with Crippen LogP contribution in [0, 0.1) is 13.8 Å². The summed E-state index contributed by atoms with van der Waals surface area (Å²) in [6.07, 6.45) is 1.33. The largest absolute Gasteiger partial charge is 0.491 e. The quantitative estimate of drug-likeness (QED) is 0.507. The van der Waals surface area contributed by atoms with Crippen LogP contribution in [0.1, 0.15) is 23.8 Å². The van der Waals surface area contributed by atoms with Crippen molar-refractivity contribution in [3.05, 3.63) is 92.8 Å². The van der Waals surface area contributed by atoms with E-state index in [1.54, 1.807) is 10.8 Å². The van der Waals surface area contributed by atoms with Crippen LogP contribution in [0.2, 0.25) is 0 Å². The van der Waals surface area contributed by atoms with Crippen LogP contribution in [-0.2, 0) is 4.74 Å². The van der Waals surface area contributed by atoms with Crippen molar-refractivity contribution in [3.8, 4) is 11.5 Å². The van der Waals surface area contributed by atoms with Crippen molar-refractivity contribution in [3.63, 3.8) is 0 Å². The summed E-state index contributed by atoms with van der Waals surface area (Å²) >= 11 is 3.34. The predicted octanol–water partition coefficient (Wildman–Crippen LogP) is 5.04. The van der Waals surface area contributed by atoms with Crippen molar-refractivity contribution < 1.29 is 14.2 Å². The Morgan fingerprint density at radius 3 is 2.27 bits per heavy atom. The molecule has 0 amide bonds. The van der Waals surface area contributed by atoms with Gasteiger partial charge in [-0.2, -0.15) is 0 Å². The molecule has 0 N–H and O–H groups in total. The van der Waals surface area contributed by atoms with Crippen LogP contribution in [0.5, 0.6) is 11.5 Å². The second kappa shape index (κ2) is 9.06. The smallest absolute Gasteiger partial charge is 0.253 e. The fraction of sp³-hybridized carbons (Fsp3) is 0.292. The van der Waals surface area contributed by atoms with Gasteiger partial charge in [-0.15, -0.1) is 0 Å². The topological polar surface area (TPSA) is 49.7 Å². The Morgan fingerprint density at radius 2 is 1.63 bits per heavy atom. The third-order valence-electron chi connectivity index (χ3n) is 5.14. The minimum atomic E-state index is -0.410. The molecule has 6 heteroatoms. The minimum absolute atomic E-state index is 0.122. The third kappa shape index (κ3) is 4.94. The van der Waals surface area contributed by atoms with Crippen molar-refractivity contribution >= 4 is 15.9 Å². The summed E-state index contributed by atoms with van der Waals surface area (Å²) < 4.78 is 20.8. The van der Waals surface area contributed by atoms with E-state index in [9.17, 15) is 4.79 Å². The van der Waals surface area contributed by atoms with E-state index in [2.05, 4.69) is 15.9 Å². The van der Waals surface area contributed by atoms with E-state index in [1.807, 2.05) is 68.4 Å². The fourth-order valence-electron chi connectivity index (χ4n) is 3.45. The molecule has 5 nitrogen and oxygen atoms in total. The number of hydrogen-bond donors (Lipinski definition) is 0. The average Bonchev–Trinajstić information content (AvgIpc) is 3.11. The Bertz CT molecular complexity index is 1050. The molecule has 156 valence electrons. The highest BCUT2D eigenvalue weighted by Crippen LogP contribution is 2.32. The van der Waals surface area contributed by atoms with Gasteiger partial charge in [0.2, 0.25) is 0 Å². The number of rotatable bonds is 6. The number of ether oxygens (including phenoxy) is 3. The number of pyridine rings is 1. The van der Waals surface area contributed by atoms with E-state index in [-0.39, 0.29) is 17.8 Å². The molecule has 0 radical (unpaired) electrons. The van der Waals surface area contributed by atoms with E-state index in [0.29, 0.717) is 13.0 Å². The molecule has 2 heterocycles. The normalized spacial score (nSPS) is 20.8. The SMILES string of the molecule is Cc1ccc(OC[C@H]2O[C@H](n3ccc(Br)cc3=O)C[C@@H]2Oc2ccc(C)cc2)cc1. The van der Waals surface area contributed by atoms with Crippen LogP contribution in [0.3, 0.4) is 0 Å². The molecule has 0 aliphatic carbocycles. The van der Waals surface area contributed by atoms with E-state index in [1.165, 1.54) is 17.2 Å². The summed E-state index contributed by atoms with van der Waals surface area (Å²) in [5.41, 5.74) is 2.22. The second-order valence-corrected chi connectivity index (χ2v) is 8.46. The maximum absolute atomic E-state index is 12.4. The number of benzene rings is 2. The summed E-state index contributed by atoms with van der Waals surface area (Å²) in [4.78, 5) is 12.4. The van der Waals surface area contributed by atoms with Crippen LogP contribution in [0.15, 0.2) is 76.1 Å².